The molecule has 0 fully saturated rings. The van der Waals surface area contributed by atoms with Gasteiger partial charge in [-0.2, -0.15) is 0 Å². The molecule has 0 nitrogen and oxygen atoms in total. The summed E-state index contributed by atoms with van der Waals surface area (Å²) in [5.74, 6) is 0. The zero-order valence-electron chi connectivity index (χ0n) is 20.4. The molecule has 0 heterocycles. The summed E-state index contributed by atoms with van der Waals surface area (Å²) in [6.45, 7) is 2.29. The minimum absolute atomic E-state index is 1.23. The van der Waals surface area contributed by atoms with Crippen molar-refractivity contribution in [3.63, 3.8) is 0 Å². The predicted octanol–water partition coefficient (Wildman–Crippen LogP) is 10.6. The summed E-state index contributed by atoms with van der Waals surface area (Å²) in [5.41, 5.74) is 1.50. The molecule has 2 aromatic rings. The topological polar surface area (TPSA) is 0 Å². The van der Waals surface area contributed by atoms with Crippen LogP contribution < -0.4 is 0 Å². The maximum absolute atomic E-state index is 2.44. The molecule has 0 bridgehead atoms. The molecule has 0 aliphatic heterocycles. The molecular weight excluding hydrogens is 372 g/mol. The fourth-order valence-electron chi connectivity index (χ4n) is 4.50. The van der Waals surface area contributed by atoms with E-state index in [2.05, 4.69) is 61.5 Å². The third kappa shape index (κ3) is 12.8. The lowest BCUT2D eigenvalue weighted by Crippen LogP contribution is -1.87. The fourth-order valence-corrected chi connectivity index (χ4v) is 4.50. The van der Waals surface area contributed by atoms with E-state index >= 15 is 0 Å². The first kappa shape index (κ1) is 25.7. The van der Waals surface area contributed by atoms with E-state index in [0.717, 1.165) is 0 Å². The summed E-state index contributed by atoms with van der Waals surface area (Å²) < 4.78 is 0. The summed E-state index contributed by atoms with van der Waals surface area (Å²) in [6, 6.07) is 15.6. The molecule has 0 aliphatic carbocycles. The van der Waals surface area contributed by atoms with Gasteiger partial charge in [0.1, 0.15) is 0 Å². The highest BCUT2D eigenvalue weighted by atomic mass is 14.0. The van der Waals surface area contributed by atoms with E-state index in [0.29, 0.717) is 0 Å². The highest BCUT2D eigenvalue weighted by Gasteiger charge is 1.97. The third-order valence-electron chi connectivity index (χ3n) is 6.54. The molecule has 2 rings (SSSR count). The maximum atomic E-state index is 2.44. The van der Waals surface area contributed by atoms with E-state index in [1.54, 1.807) is 0 Å². The van der Waals surface area contributed by atoms with Gasteiger partial charge in [-0.25, -0.2) is 0 Å². The van der Waals surface area contributed by atoms with Crippen molar-refractivity contribution in [2.75, 3.05) is 0 Å². The Morgan fingerprint density at radius 2 is 1.03 bits per heavy atom. The van der Waals surface area contributed by atoms with Crippen LogP contribution in [-0.4, -0.2) is 0 Å². The standard InChI is InChI=1S/C31H48/c1-2-3-4-5-6-7-8-9-10-11-12-13-14-15-16-17-18-19-20-23-29-26-27-30-24-21-22-25-31(30)28-29/h12-13,21-22,24-28H,2-11,14-20,23H2,1H3/b13-12+. The largest absolute Gasteiger partial charge is 0.0885 e. The van der Waals surface area contributed by atoms with Gasteiger partial charge in [0.15, 0.2) is 0 Å². The Labute approximate surface area is 193 Å². The molecule has 0 unspecified atom stereocenters. The van der Waals surface area contributed by atoms with Crippen molar-refractivity contribution in [3.8, 4) is 0 Å². The van der Waals surface area contributed by atoms with Crippen molar-refractivity contribution in [1.29, 1.82) is 0 Å². The summed E-state index contributed by atoms with van der Waals surface area (Å²) in [7, 11) is 0. The highest BCUT2D eigenvalue weighted by Crippen LogP contribution is 2.18. The van der Waals surface area contributed by atoms with Gasteiger partial charge in [-0.3, -0.25) is 0 Å². The molecule has 0 radical (unpaired) electrons. The van der Waals surface area contributed by atoms with Crippen LogP contribution in [0.3, 0.4) is 0 Å². The van der Waals surface area contributed by atoms with Crippen molar-refractivity contribution >= 4 is 10.8 Å². The number of hydrogen-bond acceptors (Lipinski definition) is 0. The van der Waals surface area contributed by atoms with Gasteiger partial charge < -0.3 is 0 Å². The molecule has 172 valence electrons. The Hall–Kier alpha value is -1.56. The monoisotopic (exact) mass is 420 g/mol. The Balaban J connectivity index is 1.33. The van der Waals surface area contributed by atoms with Crippen LogP contribution in [0.15, 0.2) is 54.6 Å². The Morgan fingerprint density at radius 3 is 1.65 bits per heavy atom. The average molecular weight is 421 g/mol. The predicted molar refractivity (Wildman–Crippen MR) is 141 cm³/mol. The molecule has 0 aromatic heterocycles. The van der Waals surface area contributed by atoms with Crippen LogP contribution >= 0.6 is 0 Å². The SMILES string of the molecule is CCCCCCCCCCC/C=C/CCCCCCCCc1ccc2ccccc2c1. The molecule has 31 heavy (non-hydrogen) atoms. The summed E-state index contributed by atoms with van der Waals surface area (Å²) in [4.78, 5) is 0. The lowest BCUT2D eigenvalue weighted by Gasteiger charge is -2.04. The van der Waals surface area contributed by atoms with Crippen LogP contribution in [0.4, 0.5) is 0 Å². The maximum Gasteiger partial charge on any atom is -0.0181 e. The minimum atomic E-state index is 1.23. The zero-order chi connectivity index (χ0) is 21.8. The van der Waals surface area contributed by atoms with Crippen molar-refractivity contribution in [2.24, 2.45) is 0 Å². The zero-order valence-corrected chi connectivity index (χ0v) is 20.4. The molecule has 0 saturated carbocycles. The van der Waals surface area contributed by atoms with Gasteiger partial charge in [-0.15, -0.1) is 0 Å². The molecule has 0 spiro atoms. The van der Waals surface area contributed by atoms with Crippen molar-refractivity contribution in [3.05, 3.63) is 60.2 Å². The van der Waals surface area contributed by atoms with E-state index in [-0.39, 0.29) is 0 Å². The fraction of sp³-hybridized carbons (Fsp3) is 0.613. The molecular formula is C31H48. The van der Waals surface area contributed by atoms with Gasteiger partial charge in [0.2, 0.25) is 0 Å². The van der Waals surface area contributed by atoms with Crippen LogP contribution in [0.5, 0.6) is 0 Å². The third-order valence-corrected chi connectivity index (χ3v) is 6.54. The number of fused-ring (bicyclic) bond motifs is 1. The van der Waals surface area contributed by atoms with E-state index in [4.69, 9.17) is 0 Å². The van der Waals surface area contributed by atoms with Crippen LogP contribution in [-0.2, 0) is 6.42 Å². The quantitative estimate of drug-likeness (QED) is 0.156. The van der Waals surface area contributed by atoms with Crippen molar-refractivity contribution < 1.29 is 0 Å². The molecule has 0 heteroatoms. The average Bonchev–Trinajstić information content (AvgIpc) is 2.80. The lowest BCUT2D eigenvalue weighted by atomic mass is 10.0. The molecule has 0 saturated heterocycles. The molecule has 0 amide bonds. The second kappa shape index (κ2) is 18.1. The highest BCUT2D eigenvalue weighted by molar-refractivity contribution is 5.82. The minimum Gasteiger partial charge on any atom is -0.0885 e. The second-order valence-corrected chi connectivity index (χ2v) is 9.43. The van der Waals surface area contributed by atoms with E-state index in [1.807, 2.05) is 0 Å². The number of unbranched alkanes of at least 4 members (excludes halogenated alkanes) is 15. The first-order valence-corrected chi connectivity index (χ1v) is 13.5. The van der Waals surface area contributed by atoms with Crippen LogP contribution in [0.25, 0.3) is 10.8 Å². The first-order valence-electron chi connectivity index (χ1n) is 13.5. The van der Waals surface area contributed by atoms with E-state index in [9.17, 15) is 0 Å². The van der Waals surface area contributed by atoms with Gasteiger partial charge in [-0.1, -0.05) is 139 Å². The lowest BCUT2D eigenvalue weighted by molar-refractivity contribution is 0.566. The van der Waals surface area contributed by atoms with E-state index < -0.39 is 0 Å². The number of allylic oxidation sites excluding steroid dienone is 2. The Kier molecular flexibility index (Phi) is 15.0. The first-order chi connectivity index (χ1) is 15.4. The summed E-state index contributed by atoms with van der Waals surface area (Å²) in [6.07, 6.45) is 29.8. The molecule has 0 atom stereocenters. The number of hydrogen-bond donors (Lipinski definition) is 0. The smallest absolute Gasteiger partial charge is 0.0181 e. The second-order valence-electron chi connectivity index (χ2n) is 9.43. The Bertz CT molecular complexity index is 696. The Morgan fingerprint density at radius 1 is 0.516 bits per heavy atom. The summed E-state index contributed by atoms with van der Waals surface area (Å²) >= 11 is 0. The normalized spacial score (nSPS) is 11.6. The molecule has 2 aromatic carbocycles. The van der Waals surface area contributed by atoms with Crippen molar-refractivity contribution in [2.45, 2.75) is 122 Å². The van der Waals surface area contributed by atoms with Crippen LogP contribution in [0.1, 0.15) is 122 Å². The van der Waals surface area contributed by atoms with E-state index in [1.165, 1.54) is 132 Å². The molecule has 0 N–H and O–H groups in total. The van der Waals surface area contributed by atoms with Gasteiger partial charge in [0.25, 0.3) is 0 Å². The molecule has 0 aliphatic rings. The number of benzene rings is 2. The van der Waals surface area contributed by atoms with Gasteiger partial charge >= 0.3 is 0 Å². The van der Waals surface area contributed by atoms with Gasteiger partial charge in [0.05, 0.1) is 0 Å². The van der Waals surface area contributed by atoms with Gasteiger partial charge in [0, 0.05) is 0 Å². The summed E-state index contributed by atoms with van der Waals surface area (Å²) in [5, 5.41) is 2.74. The van der Waals surface area contributed by atoms with Crippen LogP contribution in [0.2, 0.25) is 0 Å². The number of rotatable bonds is 19. The number of aryl methyl sites for hydroxylation is 1. The van der Waals surface area contributed by atoms with Gasteiger partial charge in [-0.05, 0) is 54.9 Å². The van der Waals surface area contributed by atoms with Crippen molar-refractivity contribution in [1.82, 2.24) is 0 Å². The van der Waals surface area contributed by atoms with Crippen LogP contribution in [0, 0.1) is 0 Å².